The molecule has 1 N–H and O–H groups in total. The normalized spacial score (nSPS) is 10.7. The third kappa shape index (κ3) is 5.26. The molecule has 0 bridgehead atoms. The van der Waals surface area contributed by atoms with Crippen LogP contribution in [0.25, 0.3) is 0 Å². The molecular formula is C15H14N2O5S2. The molecule has 0 aliphatic carbocycles. The Morgan fingerprint density at radius 2 is 1.96 bits per heavy atom. The van der Waals surface area contributed by atoms with Crippen molar-refractivity contribution in [1.82, 2.24) is 0 Å². The highest BCUT2D eigenvalue weighted by molar-refractivity contribution is 7.92. The average Bonchev–Trinajstić information content (AvgIpc) is 2.98. The van der Waals surface area contributed by atoms with Crippen LogP contribution in [0.15, 0.2) is 35.7 Å². The lowest BCUT2D eigenvalue weighted by atomic mass is 10.2. The van der Waals surface area contributed by atoms with Gasteiger partial charge in [-0.05, 0) is 35.7 Å². The Kier molecular flexibility index (Phi) is 5.78. The molecule has 126 valence electrons. The van der Waals surface area contributed by atoms with E-state index in [1.165, 1.54) is 6.07 Å². The van der Waals surface area contributed by atoms with Crippen LogP contribution in [-0.2, 0) is 14.8 Å². The summed E-state index contributed by atoms with van der Waals surface area (Å²) in [6, 6.07) is 10.0. The molecule has 1 aromatic heterocycles. The number of sulfonamides is 1. The maximum Gasteiger partial charge on any atom is 0.350 e. The molecule has 0 saturated heterocycles. The maximum absolute atomic E-state index is 12.0. The molecule has 7 nitrogen and oxygen atoms in total. The highest BCUT2D eigenvalue weighted by atomic mass is 32.2. The molecule has 0 atom stereocenters. The van der Waals surface area contributed by atoms with Gasteiger partial charge in [0, 0.05) is 0 Å². The quantitative estimate of drug-likeness (QED) is 0.595. The van der Waals surface area contributed by atoms with Gasteiger partial charge in [0.15, 0.2) is 0 Å². The van der Waals surface area contributed by atoms with Crippen molar-refractivity contribution in [1.29, 1.82) is 5.26 Å². The SMILES string of the molecule is CS(=O)(=O)Nc1ccsc1C(=O)OCCOc1ccc(C#N)cc1. The summed E-state index contributed by atoms with van der Waals surface area (Å²) in [6.07, 6.45) is 1.01. The molecule has 0 aliphatic rings. The standard InChI is InChI=1S/C15H14N2O5S2/c1-24(19,20)17-13-6-9-23-14(13)15(18)22-8-7-21-12-4-2-11(10-16)3-5-12/h2-6,9,17H,7-8H2,1H3. The maximum atomic E-state index is 12.0. The average molecular weight is 366 g/mol. The monoisotopic (exact) mass is 366 g/mol. The molecular weight excluding hydrogens is 352 g/mol. The van der Waals surface area contributed by atoms with Crippen LogP contribution in [0.1, 0.15) is 15.2 Å². The third-order valence-electron chi connectivity index (χ3n) is 2.71. The molecule has 0 radical (unpaired) electrons. The first-order valence-electron chi connectivity index (χ1n) is 6.74. The summed E-state index contributed by atoms with van der Waals surface area (Å²) < 4.78 is 35.2. The predicted octanol–water partition coefficient (Wildman–Crippen LogP) is 2.23. The fraction of sp³-hybridized carbons (Fsp3) is 0.200. The van der Waals surface area contributed by atoms with Crippen molar-refractivity contribution < 1.29 is 22.7 Å². The second-order valence-corrected chi connectivity index (χ2v) is 7.32. The van der Waals surface area contributed by atoms with E-state index in [4.69, 9.17) is 14.7 Å². The fourth-order valence-corrected chi connectivity index (χ4v) is 3.11. The van der Waals surface area contributed by atoms with Gasteiger partial charge in [-0.25, -0.2) is 13.2 Å². The lowest BCUT2D eigenvalue weighted by Crippen LogP contribution is -2.15. The van der Waals surface area contributed by atoms with E-state index < -0.39 is 16.0 Å². The van der Waals surface area contributed by atoms with E-state index in [0.717, 1.165) is 17.6 Å². The first-order valence-corrected chi connectivity index (χ1v) is 9.51. The molecule has 0 saturated carbocycles. The lowest BCUT2D eigenvalue weighted by Gasteiger charge is -2.08. The van der Waals surface area contributed by atoms with Crippen molar-refractivity contribution in [2.45, 2.75) is 0 Å². The number of benzene rings is 1. The van der Waals surface area contributed by atoms with E-state index in [1.54, 1.807) is 29.6 Å². The van der Waals surface area contributed by atoms with Gasteiger partial charge in [-0.15, -0.1) is 11.3 Å². The van der Waals surface area contributed by atoms with E-state index in [9.17, 15) is 13.2 Å². The van der Waals surface area contributed by atoms with Gasteiger partial charge in [0.05, 0.1) is 23.6 Å². The Bertz CT molecular complexity index is 851. The molecule has 0 fully saturated rings. The number of nitrogens with one attached hydrogen (secondary N) is 1. The number of carbonyl (C=O) groups excluding carboxylic acids is 1. The minimum absolute atomic E-state index is 0.00898. The van der Waals surface area contributed by atoms with Gasteiger partial charge >= 0.3 is 5.97 Å². The van der Waals surface area contributed by atoms with Crippen LogP contribution in [0, 0.1) is 11.3 Å². The summed E-state index contributed by atoms with van der Waals surface area (Å²) in [5, 5.41) is 10.3. The molecule has 2 aromatic rings. The molecule has 0 unspecified atom stereocenters. The fourth-order valence-electron chi connectivity index (χ4n) is 1.73. The number of hydrogen-bond acceptors (Lipinski definition) is 7. The molecule has 1 aromatic carbocycles. The third-order valence-corrected chi connectivity index (χ3v) is 4.20. The van der Waals surface area contributed by atoms with Crippen LogP contribution in [0.5, 0.6) is 5.75 Å². The van der Waals surface area contributed by atoms with Gasteiger partial charge in [-0.1, -0.05) is 0 Å². The van der Waals surface area contributed by atoms with Gasteiger partial charge in [0.2, 0.25) is 10.0 Å². The minimum Gasteiger partial charge on any atom is -0.490 e. The summed E-state index contributed by atoms with van der Waals surface area (Å²) >= 11 is 1.08. The summed E-state index contributed by atoms with van der Waals surface area (Å²) in [5.74, 6) is -0.0693. The van der Waals surface area contributed by atoms with Gasteiger partial charge in [-0.3, -0.25) is 4.72 Å². The number of thiophene rings is 1. The van der Waals surface area contributed by atoms with Crippen molar-refractivity contribution in [3.05, 3.63) is 46.2 Å². The lowest BCUT2D eigenvalue weighted by molar-refractivity contribution is 0.0457. The summed E-state index contributed by atoms with van der Waals surface area (Å²) in [6.45, 7) is 0.146. The molecule has 0 amide bonds. The van der Waals surface area contributed by atoms with Crippen LogP contribution < -0.4 is 9.46 Å². The summed E-state index contributed by atoms with van der Waals surface area (Å²) in [7, 11) is -3.47. The number of nitriles is 1. The van der Waals surface area contributed by atoms with Crippen LogP contribution in [0.3, 0.4) is 0 Å². The minimum atomic E-state index is -3.47. The first kappa shape index (κ1) is 17.8. The zero-order chi connectivity index (χ0) is 17.6. The molecule has 0 spiro atoms. The summed E-state index contributed by atoms with van der Waals surface area (Å²) in [4.78, 5) is 12.1. The van der Waals surface area contributed by atoms with Crippen molar-refractivity contribution in [3.8, 4) is 11.8 Å². The Balaban J connectivity index is 1.83. The summed E-state index contributed by atoms with van der Waals surface area (Å²) in [5.41, 5.74) is 0.720. The molecule has 2 rings (SSSR count). The van der Waals surface area contributed by atoms with Crippen LogP contribution in [0.4, 0.5) is 5.69 Å². The van der Waals surface area contributed by atoms with Crippen molar-refractivity contribution in [3.63, 3.8) is 0 Å². The van der Waals surface area contributed by atoms with Crippen molar-refractivity contribution in [2.24, 2.45) is 0 Å². The Morgan fingerprint density at radius 3 is 2.58 bits per heavy atom. The van der Waals surface area contributed by atoms with Crippen LogP contribution >= 0.6 is 11.3 Å². The largest absolute Gasteiger partial charge is 0.490 e. The molecule has 24 heavy (non-hydrogen) atoms. The van der Waals surface area contributed by atoms with Gasteiger partial charge in [-0.2, -0.15) is 5.26 Å². The number of ether oxygens (including phenoxy) is 2. The van der Waals surface area contributed by atoms with E-state index in [2.05, 4.69) is 4.72 Å². The number of carbonyl (C=O) groups is 1. The van der Waals surface area contributed by atoms with Gasteiger partial charge < -0.3 is 9.47 Å². The van der Waals surface area contributed by atoms with Crippen molar-refractivity contribution in [2.75, 3.05) is 24.2 Å². The number of anilines is 1. The van der Waals surface area contributed by atoms with E-state index in [1.807, 2.05) is 6.07 Å². The van der Waals surface area contributed by atoms with E-state index in [0.29, 0.717) is 11.3 Å². The Labute approximate surface area is 143 Å². The zero-order valence-electron chi connectivity index (χ0n) is 12.7. The van der Waals surface area contributed by atoms with E-state index >= 15 is 0 Å². The van der Waals surface area contributed by atoms with Crippen LogP contribution in [-0.4, -0.2) is 33.9 Å². The number of hydrogen-bond donors (Lipinski definition) is 1. The van der Waals surface area contributed by atoms with Gasteiger partial charge in [0.25, 0.3) is 0 Å². The highest BCUT2D eigenvalue weighted by Crippen LogP contribution is 2.24. The van der Waals surface area contributed by atoms with Crippen LogP contribution in [0.2, 0.25) is 0 Å². The number of esters is 1. The smallest absolute Gasteiger partial charge is 0.350 e. The number of nitrogens with zero attached hydrogens (tertiary/aromatic N) is 1. The second-order valence-electron chi connectivity index (χ2n) is 4.66. The second kappa shape index (κ2) is 7.81. The molecule has 0 aliphatic heterocycles. The Morgan fingerprint density at radius 1 is 1.25 bits per heavy atom. The van der Waals surface area contributed by atoms with Crippen molar-refractivity contribution >= 4 is 33.0 Å². The zero-order valence-corrected chi connectivity index (χ0v) is 14.3. The first-order chi connectivity index (χ1) is 11.4. The van der Waals surface area contributed by atoms with Gasteiger partial charge in [0.1, 0.15) is 23.8 Å². The highest BCUT2D eigenvalue weighted by Gasteiger charge is 2.17. The number of rotatable bonds is 7. The molecule has 1 heterocycles. The van der Waals surface area contributed by atoms with E-state index in [-0.39, 0.29) is 23.8 Å². The topological polar surface area (TPSA) is 105 Å². The molecule has 9 heteroatoms. The Hall–Kier alpha value is -2.57. The predicted molar refractivity (Wildman–Crippen MR) is 89.7 cm³/mol.